The van der Waals surface area contributed by atoms with Gasteiger partial charge in [0.25, 0.3) is 0 Å². The van der Waals surface area contributed by atoms with Gasteiger partial charge in [-0.15, -0.1) is 12.4 Å². The summed E-state index contributed by atoms with van der Waals surface area (Å²) >= 11 is 0. The highest BCUT2D eigenvalue weighted by Gasteiger charge is 2.27. The Balaban J connectivity index is 0.00000128. The topological polar surface area (TPSA) is 41.6 Å². The molecule has 2 saturated heterocycles. The van der Waals surface area contributed by atoms with Crippen molar-refractivity contribution in [3.05, 3.63) is 0 Å². The second-order valence-electron chi connectivity index (χ2n) is 4.54. The SMILES string of the molecule is CN(CC1CCCO1)C(=O)[C@H]1CCNC1.Cl. The van der Waals surface area contributed by atoms with E-state index in [0.717, 1.165) is 45.5 Å². The molecule has 5 heteroatoms. The van der Waals surface area contributed by atoms with Gasteiger partial charge in [0.05, 0.1) is 12.0 Å². The number of hydrogen-bond acceptors (Lipinski definition) is 3. The maximum atomic E-state index is 12.0. The van der Waals surface area contributed by atoms with Crippen LogP contribution in [0.4, 0.5) is 0 Å². The zero-order chi connectivity index (χ0) is 10.7. The van der Waals surface area contributed by atoms with E-state index in [-0.39, 0.29) is 30.3 Å². The van der Waals surface area contributed by atoms with Crippen LogP contribution in [0, 0.1) is 5.92 Å². The molecule has 0 bridgehead atoms. The summed E-state index contributed by atoms with van der Waals surface area (Å²) in [6.07, 6.45) is 3.49. The summed E-state index contributed by atoms with van der Waals surface area (Å²) in [7, 11) is 1.89. The van der Waals surface area contributed by atoms with Gasteiger partial charge >= 0.3 is 0 Å². The number of likely N-dealkylation sites (N-methyl/N-ethyl adjacent to an activating group) is 1. The van der Waals surface area contributed by atoms with Crippen LogP contribution >= 0.6 is 12.4 Å². The highest BCUT2D eigenvalue weighted by atomic mass is 35.5. The molecule has 2 atom stereocenters. The molecule has 0 aromatic carbocycles. The van der Waals surface area contributed by atoms with Gasteiger partial charge in [0, 0.05) is 26.7 Å². The summed E-state index contributed by atoms with van der Waals surface area (Å²) in [5, 5.41) is 3.22. The van der Waals surface area contributed by atoms with Crippen LogP contribution in [0.2, 0.25) is 0 Å². The van der Waals surface area contributed by atoms with E-state index >= 15 is 0 Å². The number of hydrogen-bond donors (Lipinski definition) is 1. The first-order valence-electron chi connectivity index (χ1n) is 5.84. The molecular formula is C11H21ClN2O2. The van der Waals surface area contributed by atoms with Gasteiger partial charge in [0.15, 0.2) is 0 Å². The lowest BCUT2D eigenvalue weighted by Gasteiger charge is -2.23. The molecule has 2 aliphatic heterocycles. The van der Waals surface area contributed by atoms with Crippen LogP contribution in [0.3, 0.4) is 0 Å². The molecular weight excluding hydrogens is 228 g/mol. The van der Waals surface area contributed by atoms with Crippen LogP contribution in [0.15, 0.2) is 0 Å². The lowest BCUT2D eigenvalue weighted by atomic mass is 10.1. The second kappa shape index (κ2) is 6.42. The van der Waals surface area contributed by atoms with Gasteiger partial charge in [0.1, 0.15) is 0 Å². The van der Waals surface area contributed by atoms with Gasteiger partial charge in [-0.1, -0.05) is 0 Å². The van der Waals surface area contributed by atoms with E-state index in [0.29, 0.717) is 0 Å². The highest BCUT2D eigenvalue weighted by Crippen LogP contribution is 2.15. The summed E-state index contributed by atoms with van der Waals surface area (Å²) in [5.41, 5.74) is 0. The second-order valence-corrected chi connectivity index (χ2v) is 4.54. The minimum absolute atomic E-state index is 0. The third-order valence-electron chi connectivity index (χ3n) is 3.29. The molecule has 0 aromatic heterocycles. The van der Waals surface area contributed by atoms with E-state index in [9.17, 15) is 4.79 Å². The van der Waals surface area contributed by atoms with Crippen LogP contribution in [0.25, 0.3) is 0 Å². The maximum Gasteiger partial charge on any atom is 0.226 e. The zero-order valence-electron chi connectivity index (χ0n) is 9.78. The molecule has 0 spiro atoms. The van der Waals surface area contributed by atoms with Crippen molar-refractivity contribution in [2.75, 3.05) is 33.3 Å². The number of nitrogens with one attached hydrogen (secondary N) is 1. The third-order valence-corrected chi connectivity index (χ3v) is 3.29. The standard InChI is InChI=1S/C11H20N2O2.ClH/c1-13(8-10-3-2-6-15-10)11(14)9-4-5-12-7-9;/h9-10,12H,2-8H2,1H3;1H/t9-,10?;/m0./s1. The van der Waals surface area contributed by atoms with Crippen molar-refractivity contribution in [2.24, 2.45) is 5.92 Å². The smallest absolute Gasteiger partial charge is 0.226 e. The molecule has 0 aliphatic carbocycles. The van der Waals surface area contributed by atoms with Crippen molar-refractivity contribution in [1.82, 2.24) is 10.2 Å². The van der Waals surface area contributed by atoms with Gasteiger partial charge in [0.2, 0.25) is 5.91 Å². The Bertz CT molecular complexity index is 226. The van der Waals surface area contributed by atoms with Crippen molar-refractivity contribution in [3.8, 4) is 0 Å². The van der Waals surface area contributed by atoms with Crippen LogP contribution in [-0.2, 0) is 9.53 Å². The van der Waals surface area contributed by atoms with Gasteiger partial charge in [-0.3, -0.25) is 4.79 Å². The van der Waals surface area contributed by atoms with Crippen molar-refractivity contribution in [2.45, 2.75) is 25.4 Å². The minimum atomic E-state index is 0. The number of carbonyl (C=O) groups is 1. The Labute approximate surface area is 103 Å². The summed E-state index contributed by atoms with van der Waals surface area (Å²) in [4.78, 5) is 13.8. The number of rotatable bonds is 3. The van der Waals surface area contributed by atoms with E-state index in [1.165, 1.54) is 0 Å². The quantitative estimate of drug-likeness (QED) is 0.798. The Kier molecular flexibility index (Phi) is 5.52. The Morgan fingerprint density at radius 2 is 2.31 bits per heavy atom. The summed E-state index contributed by atoms with van der Waals surface area (Å²) in [5.74, 6) is 0.465. The maximum absolute atomic E-state index is 12.0. The van der Waals surface area contributed by atoms with Crippen molar-refractivity contribution >= 4 is 18.3 Å². The molecule has 1 N–H and O–H groups in total. The Hall–Kier alpha value is -0.320. The highest BCUT2D eigenvalue weighted by molar-refractivity contribution is 5.85. The van der Waals surface area contributed by atoms with Crippen LogP contribution in [-0.4, -0.2) is 50.2 Å². The molecule has 1 unspecified atom stereocenters. The average molecular weight is 249 g/mol. The van der Waals surface area contributed by atoms with Gasteiger partial charge in [-0.25, -0.2) is 0 Å². The summed E-state index contributed by atoms with van der Waals surface area (Å²) in [6.45, 7) is 3.44. The number of halogens is 1. The van der Waals surface area contributed by atoms with Gasteiger partial charge < -0.3 is 15.0 Å². The largest absolute Gasteiger partial charge is 0.376 e. The first kappa shape index (κ1) is 13.7. The van der Waals surface area contributed by atoms with E-state index in [1.807, 2.05) is 11.9 Å². The van der Waals surface area contributed by atoms with E-state index in [4.69, 9.17) is 4.74 Å². The number of amides is 1. The lowest BCUT2D eigenvalue weighted by molar-refractivity contribution is -0.134. The fourth-order valence-corrected chi connectivity index (χ4v) is 2.36. The molecule has 94 valence electrons. The molecule has 0 saturated carbocycles. The monoisotopic (exact) mass is 248 g/mol. The first-order valence-corrected chi connectivity index (χ1v) is 5.84. The van der Waals surface area contributed by atoms with Crippen LogP contribution in [0.5, 0.6) is 0 Å². The van der Waals surface area contributed by atoms with Gasteiger partial charge in [-0.2, -0.15) is 0 Å². The predicted octanol–water partition coefficient (Wildman–Crippen LogP) is 0.655. The zero-order valence-corrected chi connectivity index (χ0v) is 10.6. The molecule has 2 heterocycles. The lowest BCUT2D eigenvalue weighted by Crippen LogP contribution is -2.38. The third kappa shape index (κ3) is 3.34. The molecule has 0 radical (unpaired) electrons. The normalized spacial score (nSPS) is 28.8. The van der Waals surface area contributed by atoms with Crippen molar-refractivity contribution in [3.63, 3.8) is 0 Å². The molecule has 2 fully saturated rings. The summed E-state index contributed by atoms with van der Waals surface area (Å²) in [6, 6.07) is 0. The fourth-order valence-electron chi connectivity index (χ4n) is 2.36. The average Bonchev–Trinajstić information content (AvgIpc) is 2.88. The number of carbonyl (C=O) groups excluding carboxylic acids is 1. The molecule has 2 aliphatic rings. The number of nitrogens with zero attached hydrogens (tertiary/aromatic N) is 1. The summed E-state index contributed by atoms with van der Waals surface area (Å²) < 4.78 is 5.53. The molecule has 0 aromatic rings. The molecule has 16 heavy (non-hydrogen) atoms. The Morgan fingerprint density at radius 3 is 2.88 bits per heavy atom. The van der Waals surface area contributed by atoms with E-state index < -0.39 is 0 Å². The molecule has 4 nitrogen and oxygen atoms in total. The van der Waals surface area contributed by atoms with Crippen molar-refractivity contribution in [1.29, 1.82) is 0 Å². The predicted molar refractivity (Wildman–Crippen MR) is 64.8 cm³/mol. The first-order chi connectivity index (χ1) is 7.27. The van der Waals surface area contributed by atoms with Gasteiger partial charge in [-0.05, 0) is 25.8 Å². The van der Waals surface area contributed by atoms with Crippen molar-refractivity contribution < 1.29 is 9.53 Å². The van der Waals surface area contributed by atoms with E-state index in [1.54, 1.807) is 0 Å². The van der Waals surface area contributed by atoms with Crippen LogP contribution in [0.1, 0.15) is 19.3 Å². The van der Waals surface area contributed by atoms with E-state index in [2.05, 4.69) is 5.32 Å². The van der Waals surface area contributed by atoms with Crippen LogP contribution < -0.4 is 5.32 Å². The fraction of sp³-hybridized carbons (Fsp3) is 0.909. The number of ether oxygens (including phenoxy) is 1. The molecule has 1 amide bonds. The Morgan fingerprint density at radius 1 is 1.50 bits per heavy atom. The minimum Gasteiger partial charge on any atom is -0.376 e. The molecule has 2 rings (SSSR count).